The predicted octanol–water partition coefficient (Wildman–Crippen LogP) is 2.59. The normalized spacial score (nSPS) is 10.8. The first-order chi connectivity index (χ1) is 8.11. The van der Waals surface area contributed by atoms with E-state index < -0.39 is 0 Å². The van der Waals surface area contributed by atoms with Crippen LogP contribution in [0.4, 0.5) is 5.69 Å². The number of nitrogen functional groups attached to an aromatic ring is 1. The average molecular weight is 231 g/mol. The van der Waals surface area contributed by atoms with E-state index in [0.29, 0.717) is 11.6 Å². The Morgan fingerprint density at radius 1 is 1.35 bits per heavy atom. The molecule has 0 atom stereocenters. The molecule has 0 aliphatic rings. The zero-order valence-corrected chi connectivity index (χ0v) is 10.3. The van der Waals surface area contributed by atoms with Crippen molar-refractivity contribution >= 4 is 5.69 Å². The van der Waals surface area contributed by atoms with Crippen LogP contribution in [0.15, 0.2) is 30.7 Å². The molecule has 2 aromatic rings. The summed E-state index contributed by atoms with van der Waals surface area (Å²) in [5.41, 5.74) is 8.47. The van der Waals surface area contributed by atoms with E-state index in [1.165, 1.54) is 0 Å². The number of rotatable bonds is 3. The Morgan fingerprint density at radius 2 is 2.12 bits per heavy atom. The number of ether oxygens (including phenoxy) is 1. The van der Waals surface area contributed by atoms with Gasteiger partial charge in [0.15, 0.2) is 0 Å². The molecule has 0 saturated heterocycles. The van der Waals surface area contributed by atoms with Gasteiger partial charge in [0.1, 0.15) is 5.75 Å². The Balaban J connectivity index is 2.47. The Morgan fingerprint density at radius 3 is 2.71 bits per heavy atom. The fourth-order valence-electron chi connectivity index (χ4n) is 1.68. The molecule has 0 radical (unpaired) electrons. The molecule has 0 amide bonds. The van der Waals surface area contributed by atoms with Crippen LogP contribution in [0.5, 0.6) is 5.75 Å². The highest BCUT2D eigenvalue weighted by molar-refractivity contribution is 5.56. The van der Waals surface area contributed by atoms with E-state index in [1.54, 1.807) is 13.4 Å². The minimum Gasteiger partial charge on any atom is -0.495 e. The van der Waals surface area contributed by atoms with Gasteiger partial charge in [0.25, 0.3) is 0 Å². The van der Waals surface area contributed by atoms with Crippen LogP contribution >= 0.6 is 0 Å². The van der Waals surface area contributed by atoms with Crippen molar-refractivity contribution in [2.75, 3.05) is 12.8 Å². The van der Waals surface area contributed by atoms with Gasteiger partial charge in [-0.3, -0.25) is 0 Å². The lowest BCUT2D eigenvalue weighted by Crippen LogP contribution is -1.97. The molecule has 0 bridgehead atoms. The van der Waals surface area contributed by atoms with Crippen LogP contribution in [-0.4, -0.2) is 16.7 Å². The van der Waals surface area contributed by atoms with Crippen LogP contribution in [0.2, 0.25) is 0 Å². The van der Waals surface area contributed by atoms with E-state index in [9.17, 15) is 0 Å². The number of anilines is 1. The summed E-state index contributed by atoms with van der Waals surface area (Å²) in [6.45, 7) is 4.23. The fourth-order valence-corrected chi connectivity index (χ4v) is 1.68. The second kappa shape index (κ2) is 4.49. The van der Waals surface area contributed by atoms with E-state index in [1.807, 2.05) is 29.0 Å². The molecule has 4 nitrogen and oxygen atoms in total. The van der Waals surface area contributed by atoms with E-state index >= 15 is 0 Å². The Kier molecular flexibility index (Phi) is 3.04. The lowest BCUT2D eigenvalue weighted by Gasteiger charge is -2.09. The summed E-state index contributed by atoms with van der Waals surface area (Å²) >= 11 is 0. The third-order valence-corrected chi connectivity index (χ3v) is 2.68. The van der Waals surface area contributed by atoms with Gasteiger partial charge in [-0.15, -0.1) is 0 Å². The van der Waals surface area contributed by atoms with Crippen LogP contribution in [0.25, 0.3) is 5.69 Å². The number of nitrogens with two attached hydrogens (primary N) is 1. The highest BCUT2D eigenvalue weighted by atomic mass is 16.5. The number of hydrogen-bond donors (Lipinski definition) is 1. The zero-order valence-electron chi connectivity index (χ0n) is 10.3. The van der Waals surface area contributed by atoms with Crippen molar-refractivity contribution in [3.8, 4) is 11.4 Å². The molecule has 0 unspecified atom stereocenters. The summed E-state index contributed by atoms with van der Waals surface area (Å²) in [4.78, 5) is 4.36. The molecule has 0 aliphatic carbocycles. The van der Waals surface area contributed by atoms with Crippen LogP contribution in [0.3, 0.4) is 0 Å². The van der Waals surface area contributed by atoms with Gasteiger partial charge in [0.05, 0.1) is 24.8 Å². The smallest absolute Gasteiger partial charge is 0.143 e. The van der Waals surface area contributed by atoms with Gasteiger partial charge in [-0.25, -0.2) is 4.98 Å². The summed E-state index contributed by atoms with van der Waals surface area (Å²) in [6, 6.07) is 5.56. The number of aromatic nitrogens is 2. The molecule has 1 heterocycles. The Hall–Kier alpha value is -1.97. The fraction of sp³-hybridized carbons (Fsp3) is 0.308. The molecule has 1 aromatic heterocycles. The molecule has 90 valence electrons. The van der Waals surface area contributed by atoms with E-state index in [2.05, 4.69) is 18.8 Å². The van der Waals surface area contributed by atoms with Crippen molar-refractivity contribution in [3.63, 3.8) is 0 Å². The van der Waals surface area contributed by atoms with Crippen molar-refractivity contribution in [1.82, 2.24) is 9.55 Å². The third-order valence-electron chi connectivity index (χ3n) is 2.68. The van der Waals surface area contributed by atoms with Crippen LogP contribution in [0.1, 0.15) is 25.5 Å². The number of nitrogens with zero attached hydrogens (tertiary/aromatic N) is 2. The SMILES string of the molecule is COc1ccc(N)cc1-n1cnc(C(C)C)c1. The molecule has 0 saturated carbocycles. The summed E-state index contributed by atoms with van der Waals surface area (Å²) in [5, 5.41) is 0. The standard InChI is InChI=1S/C13H17N3O/c1-9(2)11-7-16(8-15-11)12-6-10(14)4-5-13(12)17-3/h4-9H,14H2,1-3H3. The first-order valence-electron chi connectivity index (χ1n) is 5.59. The average Bonchev–Trinajstić information content (AvgIpc) is 2.78. The van der Waals surface area contributed by atoms with Gasteiger partial charge in [0, 0.05) is 11.9 Å². The van der Waals surface area contributed by atoms with Crippen LogP contribution in [0, 0.1) is 0 Å². The largest absolute Gasteiger partial charge is 0.495 e. The minimum absolute atomic E-state index is 0.406. The summed E-state index contributed by atoms with van der Waals surface area (Å²) in [6.07, 6.45) is 3.79. The van der Waals surface area contributed by atoms with E-state index in [4.69, 9.17) is 10.5 Å². The summed E-state index contributed by atoms with van der Waals surface area (Å²) in [5.74, 6) is 1.19. The number of benzene rings is 1. The predicted molar refractivity (Wildman–Crippen MR) is 68.6 cm³/mol. The molecule has 0 spiro atoms. The topological polar surface area (TPSA) is 53.1 Å². The molecule has 2 rings (SSSR count). The maximum atomic E-state index is 5.80. The second-order valence-electron chi connectivity index (χ2n) is 4.29. The number of methoxy groups -OCH3 is 1. The first kappa shape index (κ1) is 11.5. The quantitative estimate of drug-likeness (QED) is 0.826. The van der Waals surface area contributed by atoms with Crippen LogP contribution in [-0.2, 0) is 0 Å². The number of hydrogen-bond acceptors (Lipinski definition) is 3. The zero-order chi connectivity index (χ0) is 12.4. The molecule has 4 heteroatoms. The first-order valence-corrected chi connectivity index (χ1v) is 5.59. The second-order valence-corrected chi connectivity index (χ2v) is 4.29. The third kappa shape index (κ3) is 2.25. The van der Waals surface area contributed by atoms with Crippen molar-refractivity contribution in [2.24, 2.45) is 0 Å². The van der Waals surface area contributed by atoms with E-state index in [0.717, 1.165) is 17.1 Å². The van der Waals surface area contributed by atoms with Crippen LogP contribution < -0.4 is 10.5 Å². The van der Waals surface area contributed by atoms with Crippen molar-refractivity contribution in [2.45, 2.75) is 19.8 Å². The van der Waals surface area contributed by atoms with Gasteiger partial charge in [0.2, 0.25) is 0 Å². The Labute approximate surface area is 101 Å². The maximum absolute atomic E-state index is 5.80. The summed E-state index contributed by atoms with van der Waals surface area (Å²) in [7, 11) is 1.65. The summed E-state index contributed by atoms with van der Waals surface area (Å²) < 4.78 is 7.26. The Bertz CT molecular complexity index is 517. The molecule has 1 aromatic carbocycles. The highest BCUT2D eigenvalue weighted by Gasteiger charge is 2.08. The van der Waals surface area contributed by atoms with Crippen molar-refractivity contribution in [3.05, 3.63) is 36.4 Å². The van der Waals surface area contributed by atoms with E-state index in [-0.39, 0.29) is 0 Å². The molecule has 0 aliphatic heterocycles. The van der Waals surface area contributed by atoms with Gasteiger partial charge < -0.3 is 15.0 Å². The number of imidazole rings is 1. The van der Waals surface area contributed by atoms with Gasteiger partial charge >= 0.3 is 0 Å². The molecule has 2 N–H and O–H groups in total. The molecular formula is C13H17N3O. The van der Waals surface area contributed by atoms with Gasteiger partial charge in [-0.05, 0) is 24.1 Å². The van der Waals surface area contributed by atoms with Gasteiger partial charge in [-0.2, -0.15) is 0 Å². The molecule has 17 heavy (non-hydrogen) atoms. The minimum atomic E-state index is 0.406. The van der Waals surface area contributed by atoms with Crippen molar-refractivity contribution in [1.29, 1.82) is 0 Å². The monoisotopic (exact) mass is 231 g/mol. The van der Waals surface area contributed by atoms with Gasteiger partial charge in [-0.1, -0.05) is 13.8 Å². The van der Waals surface area contributed by atoms with Crippen molar-refractivity contribution < 1.29 is 4.74 Å². The molecule has 0 fully saturated rings. The lowest BCUT2D eigenvalue weighted by atomic mass is 10.1. The highest BCUT2D eigenvalue weighted by Crippen LogP contribution is 2.26. The lowest BCUT2D eigenvalue weighted by molar-refractivity contribution is 0.413. The molecular weight excluding hydrogens is 214 g/mol. The maximum Gasteiger partial charge on any atom is 0.143 e.